The molecule has 2 saturated heterocycles. The first kappa shape index (κ1) is 31.3. The molecule has 38 heavy (non-hydrogen) atoms. The number of ether oxygens (including phenoxy) is 1. The highest BCUT2D eigenvalue weighted by Gasteiger charge is 2.49. The first-order chi connectivity index (χ1) is 17.6. The van der Waals surface area contributed by atoms with E-state index in [1.54, 1.807) is 0 Å². The lowest BCUT2D eigenvalue weighted by Gasteiger charge is -2.30. The molecular weight excluding hydrogens is 522 g/mol. The average Bonchev–Trinajstić information content (AvgIpc) is 3.35. The van der Waals surface area contributed by atoms with Gasteiger partial charge in [-0.3, -0.25) is 4.90 Å². The molecule has 1 spiro atoms. The summed E-state index contributed by atoms with van der Waals surface area (Å²) in [7, 11) is 4.10. The topological polar surface area (TPSA) is 90.3 Å². The van der Waals surface area contributed by atoms with E-state index in [4.69, 9.17) is 24.5 Å². The highest BCUT2D eigenvalue weighted by Crippen LogP contribution is 2.44. The normalized spacial score (nSPS) is 22.1. The number of nitrogens with zero attached hydrogens (tertiary/aromatic N) is 2. The summed E-state index contributed by atoms with van der Waals surface area (Å²) in [5.74, 6) is -4.84. The molecule has 2 fully saturated rings. The summed E-state index contributed by atoms with van der Waals surface area (Å²) in [6.45, 7) is 6.76. The highest BCUT2D eigenvalue weighted by molar-refractivity contribution is 5.85. The molecular formula is C25H30F6N2O5. The van der Waals surface area contributed by atoms with Gasteiger partial charge in [0.1, 0.15) is 0 Å². The standard InChI is InChI=1S/C21H28N2O.2C2HF3O2/c1-22-13-19(14-24-2)21(15-22)10-11-23(16-21)12-18-8-5-7-17-6-3-4-9-20(17)18;2*3-2(4,5)1(6)7/h3-9,19H,10-16H2,1-2H3;2*(H,6,7)/t19-,21-;;/m1../s1. The van der Waals surface area contributed by atoms with Crippen LogP contribution in [0.15, 0.2) is 42.5 Å². The molecule has 0 bridgehead atoms. The van der Waals surface area contributed by atoms with Crippen LogP contribution in [0.1, 0.15) is 12.0 Å². The van der Waals surface area contributed by atoms with Crippen LogP contribution >= 0.6 is 0 Å². The summed E-state index contributed by atoms with van der Waals surface area (Å²) in [5, 5.41) is 17.0. The molecule has 0 amide bonds. The number of fused-ring (bicyclic) bond motifs is 1. The summed E-state index contributed by atoms with van der Waals surface area (Å²) in [6, 6.07) is 15.4. The van der Waals surface area contributed by atoms with Crippen molar-refractivity contribution >= 4 is 22.7 Å². The predicted molar refractivity (Wildman–Crippen MR) is 127 cm³/mol. The minimum Gasteiger partial charge on any atom is -0.475 e. The lowest BCUT2D eigenvalue weighted by atomic mass is 9.77. The fourth-order valence-electron chi connectivity index (χ4n) is 4.98. The molecule has 2 atom stereocenters. The van der Waals surface area contributed by atoms with Crippen LogP contribution in [0.4, 0.5) is 26.3 Å². The maximum absolute atomic E-state index is 10.6. The Labute approximate surface area is 215 Å². The number of carboxylic acid groups (broad SMARTS) is 2. The third-order valence-electron chi connectivity index (χ3n) is 6.57. The largest absolute Gasteiger partial charge is 0.490 e. The maximum Gasteiger partial charge on any atom is 0.490 e. The molecule has 0 aromatic heterocycles. The quantitative estimate of drug-likeness (QED) is 0.540. The van der Waals surface area contributed by atoms with Crippen molar-refractivity contribution in [2.45, 2.75) is 25.3 Å². The average molecular weight is 553 g/mol. The third-order valence-corrected chi connectivity index (χ3v) is 6.57. The van der Waals surface area contributed by atoms with Crippen molar-refractivity contribution in [2.24, 2.45) is 11.3 Å². The molecule has 13 heteroatoms. The van der Waals surface area contributed by atoms with Crippen LogP contribution in [0.3, 0.4) is 0 Å². The molecule has 0 aliphatic carbocycles. The van der Waals surface area contributed by atoms with E-state index in [2.05, 4.69) is 59.3 Å². The number of methoxy groups -OCH3 is 1. The SMILES string of the molecule is COC[C@H]1CN(C)C[C@@]12CCN(Cc1cccc3ccccc13)C2.O=C(O)C(F)(F)F.O=C(O)C(F)(F)F. The number of halogens is 6. The summed E-state index contributed by atoms with van der Waals surface area (Å²) in [5.41, 5.74) is 1.88. The number of benzene rings is 2. The summed E-state index contributed by atoms with van der Waals surface area (Å²) in [4.78, 5) is 22.9. The van der Waals surface area contributed by atoms with Crippen LogP contribution in [0.25, 0.3) is 10.8 Å². The van der Waals surface area contributed by atoms with Crippen molar-refractivity contribution in [2.75, 3.05) is 46.9 Å². The van der Waals surface area contributed by atoms with Crippen LogP contribution in [-0.4, -0.2) is 91.2 Å². The third kappa shape index (κ3) is 8.57. The fourth-order valence-corrected chi connectivity index (χ4v) is 4.98. The van der Waals surface area contributed by atoms with Gasteiger partial charge in [0.15, 0.2) is 0 Å². The molecule has 0 radical (unpaired) electrons. The summed E-state index contributed by atoms with van der Waals surface area (Å²) >= 11 is 0. The van der Waals surface area contributed by atoms with E-state index < -0.39 is 24.3 Å². The zero-order chi connectivity index (χ0) is 28.7. The Morgan fingerprint density at radius 2 is 1.53 bits per heavy atom. The van der Waals surface area contributed by atoms with Gasteiger partial charge in [-0.1, -0.05) is 42.5 Å². The van der Waals surface area contributed by atoms with Crippen molar-refractivity contribution in [3.63, 3.8) is 0 Å². The number of rotatable bonds is 4. The number of carboxylic acids is 2. The highest BCUT2D eigenvalue weighted by atomic mass is 19.4. The molecule has 212 valence electrons. The smallest absolute Gasteiger partial charge is 0.475 e. The monoisotopic (exact) mass is 552 g/mol. The van der Waals surface area contributed by atoms with Gasteiger partial charge in [0.05, 0.1) is 6.61 Å². The van der Waals surface area contributed by atoms with Crippen molar-refractivity contribution in [3.8, 4) is 0 Å². The van der Waals surface area contributed by atoms with Crippen molar-refractivity contribution in [1.29, 1.82) is 0 Å². The van der Waals surface area contributed by atoms with Crippen molar-refractivity contribution in [3.05, 3.63) is 48.0 Å². The minimum atomic E-state index is -5.08. The molecule has 2 aliphatic heterocycles. The van der Waals surface area contributed by atoms with E-state index >= 15 is 0 Å². The van der Waals surface area contributed by atoms with Crippen LogP contribution in [0.2, 0.25) is 0 Å². The number of alkyl halides is 6. The fraction of sp³-hybridized carbons (Fsp3) is 0.520. The lowest BCUT2D eigenvalue weighted by Crippen LogP contribution is -2.36. The van der Waals surface area contributed by atoms with E-state index in [1.165, 1.54) is 48.9 Å². The Hall–Kier alpha value is -2.90. The van der Waals surface area contributed by atoms with E-state index in [0.29, 0.717) is 11.3 Å². The number of carbonyl (C=O) groups is 2. The molecule has 2 heterocycles. The molecule has 2 N–H and O–H groups in total. The van der Waals surface area contributed by atoms with Gasteiger partial charge >= 0.3 is 24.3 Å². The zero-order valence-corrected chi connectivity index (χ0v) is 20.8. The van der Waals surface area contributed by atoms with Gasteiger partial charge in [0.25, 0.3) is 0 Å². The van der Waals surface area contributed by atoms with E-state index in [1.807, 2.05) is 7.11 Å². The van der Waals surface area contributed by atoms with Crippen molar-refractivity contribution < 1.29 is 50.9 Å². The minimum absolute atomic E-state index is 0.426. The first-order valence-electron chi connectivity index (χ1n) is 11.6. The lowest BCUT2D eigenvalue weighted by molar-refractivity contribution is -0.193. The Morgan fingerprint density at radius 1 is 0.974 bits per heavy atom. The molecule has 0 saturated carbocycles. The van der Waals surface area contributed by atoms with Crippen LogP contribution in [-0.2, 0) is 20.9 Å². The van der Waals surface area contributed by atoms with Gasteiger partial charge in [-0.05, 0) is 36.3 Å². The van der Waals surface area contributed by atoms with Crippen LogP contribution < -0.4 is 0 Å². The van der Waals surface area contributed by atoms with Gasteiger partial charge in [-0.2, -0.15) is 26.3 Å². The molecule has 2 aliphatic rings. The van der Waals surface area contributed by atoms with Gasteiger partial charge < -0.3 is 19.8 Å². The Morgan fingerprint density at radius 3 is 2.08 bits per heavy atom. The Bertz CT molecular complexity index is 1060. The molecule has 7 nitrogen and oxygen atoms in total. The summed E-state index contributed by atoms with van der Waals surface area (Å²) in [6.07, 6.45) is -8.86. The number of likely N-dealkylation sites (tertiary alicyclic amines) is 2. The molecule has 0 unspecified atom stereocenters. The molecule has 4 rings (SSSR count). The van der Waals surface area contributed by atoms with Gasteiger partial charge in [0, 0.05) is 44.6 Å². The van der Waals surface area contributed by atoms with Crippen LogP contribution in [0.5, 0.6) is 0 Å². The van der Waals surface area contributed by atoms with E-state index in [9.17, 15) is 26.3 Å². The van der Waals surface area contributed by atoms with Crippen molar-refractivity contribution in [1.82, 2.24) is 9.80 Å². The van der Waals surface area contributed by atoms with Gasteiger partial charge in [0.2, 0.25) is 0 Å². The zero-order valence-electron chi connectivity index (χ0n) is 20.8. The number of hydrogen-bond donors (Lipinski definition) is 2. The number of hydrogen-bond acceptors (Lipinski definition) is 5. The molecule has 2 aromatic rings. The second-order valence-corrected chi connectivity index (χ2v) is 9.42. The predicted octanol–water partition coefficient (Wildman–Crippen LogP) is 4.51. The number of aliphatic carboxylic acids is 2. The van der Waals surface area contributed by atoms with E-state index in [-0.39, 0.29) is 0 Å². The molecule has 2 aromatic carbocycles. The van der Waals surface area contributed by atoms with Gasteiger partial charge in [-0.25, -0.2) is 9.59 Å². The maximum atomic E-state index is 10.6. The Balaban J connectivity index is 0.000000301. The van der Waals surface area contributed by atoms with Crippen LogP contribution in [0, 0.1) is 11.3 Å². The van der Waals surface area contributed by atoms with Gasteiger partial charge in [-0.15, -0.1) is 0 Å². The summed E-state index contributed by atoms with van der Waals surface area (Å²) < 4.78 is 69.0. The van der Waals surface area contributed by atoms with E-state index in [0.717, 1.165) is 13.2 Å². The first-order valence-corrected chi connectivity index (χ1v) is 11.6. The second-order valence-electron chi connectivity index (χ2n) is 9.42. The Kier molecular flexibility index (Phi) is 10.5. The second kappa shape index (κ2) is 12.8.